The number of benzene rings is 2. The monoisotopic (exact) mass is 404 g/mol. The zero-order valence-electron chi connectivity index (χ0n) is 9.81. The van der Waals surface area contributed by atoms with E-state index in [1.165, 1.54) is 6.07 Å². The number of halogens is 4. The number of hydrogen-bond donors (Lipinski definition) is 0. The lowest BCUT2D eigenvalue weighted by Gasteiger charge is -2.08. The quantitative estimate of drug-likeness (QED) is 0.598. The Morgan fingerprint density at radius 2 is 1.84 bits per heavy atom. The maximum atomic E-state index is 13.4. The van der Waals surface area contributed by atoms with Crippen molar-refractivity contribution in [1.29, 1.82) is 0 Å². The Labute approximate surface area is 132 Å². The predicted octanol–water partition coefficient (Wildman–Crippen LogP) is 5.54. The van der Waals surface area contributed by atoms with Gasteiger partial charge in [0.15, 0.2) is 5.78 Å². The number of rotatable bonds is 2. The van der Waals surface area contributed by atoms with Gasteiger partial charge in [-0.2, -0.15) is 0 Å². The molecule has 0 amide bonds. The van der Waals surface area contributed by atoms with Crippen LogP contribution in [-0.4, -0.2) is 5.78 Å². The topological polar surface area (TPSA) is 17.1 Å². The van der Waals surface area contributed by atoms with Gasteiger partial charge >= 0.3 is 0 Å². The molecule has 2 rings (SSSR count). The molecule has 0 heterocycles. The van der Waals surface area contributed by atoms with Gasteiger partial charge in [0.25, 0.3) is 0 Å². The van der Waals surface area contributed by atoms with Gasteiger partial charge in [0.2, 0.25) is 0 Å². The number of carbonyl (C=O) groups excluding carboxylic acids is 1. The molecule has 5 heteroatoms. The van der Waals surface area contributed by atoms with Crippen LogP contribution in [-0.2, 0) is 0 Å². The van der Waals surface area contributed by atoms with Gasteiger partial charge in [-0.3, -0.25) is 4.79 Å². The molecule has 0 aliphatic heterocycles. The Hall–Kier alpha value is -0.710. The minimum atomic E-state index is -0.421. The molecular weight excluding hydrogens is 398 g/mol. The molecule has 0 spiro atoms. The summed E-state index contributed by atoms with van der Waals surface area (Å²) in [6.07, 6.45) is 0. The summed E-state index contributed by atoms with van der Waals surface area (Å²) in [5.74, 6) is -0.670. The van der Waals surface area contributed by atoms with Crippen LogP contribution in [0.1, 0.15) is 21.5 Å². The van der Waals surface area contributed by atoms with Crippen LogP contribution in [0.4, 0.5) is 4.39 Å². The summed E-state index contributed by atoms with van der Waals surface area (Å²) >= 11 is 12.6. The first-order valence-electron chi connectivity index (χ1n) is 5.35. The fraction of sp³-hybridized carbons (Fsp3) is 0.0714. The number of carbonyl (C=O) groups is 1. The Balaban J connectivity index is 2.56. The summed E-state index contributed by atoms with van der Waals surface area (Å²) < 4.78 is 14.8. The van der Waals surface area contributed by atoms with Crippen molar-refractivity contribution >= 4 is 49.2 Å². The molecule has 0 fully saturated rings. The van der Waals surface area contributed by atoms with E-state index in [-0.39, 0.29) is 10.8 Å². The van der Waals surface area contributed by atoms with Crippen molar-refractivity contribution in [2.45, 2.75) is 6.92 Å². The van der Waals surface area contributed by atoms with Crippen LogP contribution in [0.25, 0.3) is 0 Å². The molecule has 0 aromatic heterocycles. The summed E-state index contributed by atoms with van der Waals surface area (Å²) in [6.45, 7) is 1.60. The third kappa shape index (κ3) is 3.07. The minimum absolute atomic E-state index is 0.111. The predicted molar refractivity (Wildman–Crippen MR) is 81.4 cm³/mol. The second-order valence-electron chi connectivity index (χ2n) is 4.03. The van der Waals surface area contributed by atoms with Gasteiger partial charge in [0.1, 0.15) is 5.82 Å². The molecule has 0 bridgehead atoms. The Morgan fingerprint density at radius 1 is 1.16 bits per heavy atom. The highest BCUT2D eigenvalue weighted by Gasteiger charge is 2.17. The van der Waals surface area contributed by atoms with Gasteiger partial charge in [-0.1, -0.05) is 43.5 Å². The molecule has 0 unspecified atom stereocenters. The van der Waals surface area contributed by atoms with Crippen LogP contribution in [0.5, 0.6) is 0 Å². The van der Waals surface area contributed by atoms with E-state index >= 15 is 0 Å². The molecule has 2 aromatic carbocycles. The Kier molecular flexibility index (Phi) is 4.43. The molecule has 0 aliphatic rings. The lowest BCUT2D eigenvalue weighted by Crippen LogP contribution is -2.04. The molecule has 2 aromatic rings. The minimum Gasteiger partial charge on any atom is -0.289 e. The number of aryl methyl sites for hydroxylation is 1. The Bertz CT molecular complexity index is 671. The van der Waals surface area contributed by atoms with Crippen molar-refractivity contribution in [3.05, 3.63) is 66.8 Å². The molecule has 1 nitrogen and oxygen atoms in total. The van der Waals surface area contributed by atoms with E-state index in [0.29, 0.717) is 21.2 Å². The van der Waals surface area contributed by atoms with Gasteiger partial charge < -0.3 is 0 Å². The summed E-state index contributed by atoms with van der Waals surface area (Å²) in [6, 6.07) is 7.91. The van der Waals surface area contributed by atoms with E-state index in [1.807, 2.05) is 6.07 Å². The maximum Gasteiger partial charge on any atom is 0.195 e. The van der Waals surface area contributed by atoms with Crippen molar-refractivity contribution in [2.75, 3.05) is 0 Å². The molecule has 0 atom stereocenters. The van der Waals surface area contributed by atoms with Gasteiger partial charge in [-0.05, 0) is 42.8 Å². The van der Waals surface area contributed by atoms with E-state index in [9.17, 15) is 9.18 Å². The molecule has 0 N–H and O–H groups in total. The first-order chi connectivity index (χ1) is 8.90. The first kappa shape index (κ1) is 14.7. The van der Waals surface area contributed by atoms with E-state index in [1.54, 1.807) is 19.1 Å². The van der Waals surface area contributed by atoms with Crippen LogP contribution in [0.15, 0.2) is 39.3 Å². The average Bonchev–Trinajstić information content (AvgIpc) is 2.36. The highest BCUT2D eigenvalue weighted by atomic mass is 79.9. The highest BCUT2D eigenvalue weighted by molar-refractivity contribution is 9.11. The Morgan fingerprint density at radius 3 is 2.53 bits per heavy atom. The van der Waals surface area contributed by atoms with Crippen molar-refractivity contribution in [3.8, 4) is 0 Å². The second-order valence-corrected chi connectivity index (χ2v) is 6.21. The first-order valence-corrected chi connectivity index (χ1v) is 7.32. The molecule has 0 saturated carbocycles. The van der Waals surface area contributed by atoms with Crippen molar-refractivity contribution < 1.29 is 9.18 Å². The number of ketones is 1. The molecule has 0 aliphatic carbocycles. The van der Waals surface area contributed by atoms with E-state index in [2.05, 4.69) is 31.9 Å². The molecule has 0 radical (unpaired) electrons. The SMILES string of the molecule is Cc1cc(C(=O)c2cc(Br)ccc2Br)c(Cl)cc1F. The van der Waals surface area contributed by atoms with Gasteiger partial charge in [-0.25, -0.2) is 4.39 Å². The van der Waals surface area contributed by atoms with Crippen LogP contribution >= 0.6 is 43.5 Å². The van der Waals surface area contributed by atoms with Crippen LogP contribution in [0, 0.1) is 12.7 Å². The summed E-state index contributed by atoms with van der Waals surface area (Å²) in [4.78, 5) is 12.4. The molecule has 19 heavy (non-hydrogen) atoms. The summed E-state index contributed by atoms with van der Waals surface area (Å²) in [7, 11) is 0. The normalized spacial score (nSPS) is 10.6. The van der Waals surface area contributed by atoms with Gasteiger partial charge in [-0.15, -0.1) is 0 Å². The van der Waals surface area contributed by atoms with Gasteiger partial charge in [0.05, 0.1) is 5.02 Å². The fourth-order valence-corrected chi connectivity index (χ4v) is 2.67. The number of hydrogen-bond acceptors (Lipinski definition) is 1. The molecule has 98 valence electrons. The third-order valence-electron chi connectivity index (χ3n) is 2.67. The smallest absolute Gasteiger partial charge is 0.195 e. The largest absolute Gasteiger partial charge is 0.289 e. The van der Waals surface area contributed by atoms with Crippen LogP contribution in [0.3, 0.4) is 0 Å². The van der Waals surface area contributed by atoms with E-state index < -0.39 is 5.82 Å². The maximum absolute atomic E-state index is 13.4. The zero-order valence-corrected chi connectivity index (χ0v) is 13.7. The van der Waals surface area contributed by atoms with Crippen molar-refractivity contribution in [3.63, 3.8) is 0 Å². The average molecular weight is 406 g/mol. The summed E-state index contributed by atoms with van der Waals surface area (Å²) in [5, 5.41) is 0.111. The molecular formula is C14H8Br2ClFO. The van der Waals surface area contributed by atoms with Crippen LogP contribution < -0.4 is 0 Å². The molecule has 0 saturated heterocycles. The van der Waals surface area contributed by atoms with Crippen molar-refractivity contribution in [2.24, 2.45) is 0 Å². The fourth-order valence-electron chi connectivity index (χ4n) is 1.65. The van der Waals surface area contributed by atoms with Gasteiger partial charge in [0, 0.05) is 20.1 Å². The lowest BCUT2D eigenvalue weighted by atomic mass is 10.0. The second kappa shape index (κ2) is 5.73. The highest BCUT2D eigenvalue weighted by Crippen LogP contribution is 2.28. The standard InChI is InChI=1S/C14H8Br2ClFO/c1-7-4-10(12(17)6-13(7)18)14(19)9-5-8(15)2-3-11(9)16/h2-6H,1H3. The van der Waals surface area contributed by atoms with Crippen LogP contribution in [0.2, 0.25) is 5.02 Å². The summed E-state index contributed by atoms with van der Waals surface area (Å²) in [5.41, 5.74) is 1.15. The third-order valence-corrected chi connectivity index (χ3v) is 4.16. The van der Waals surface area contributed by atoms with E-state index in [0.717, 1.165) is 10.5 Å². The van der Waals surface area contributed by atoms with Crippen molar-refractivity contribution in [1.82, 2.24) is 0 Å². The lowest BCUT2D eigenvalue weighted by molar-refractivity contribution is 0.103. The zero-order chi connectivity index (χ0) is 14.2. The van der Waals surface area contributed by atoms with E-state index in [4.69, 9.17) is 11.6 Å².